The van der Waals surface area contributed by atoms with E-state index in [0.717, 1.165) is 23.1 Å². The van der Waals surface area contributed by atoms with Crippen molar-refractivity contribution in [1.29, 1.82) is 0 Å². The summed E-state index contributed by atoms with van der Waals surface area (Å²) in [5, 5.41) is 19.8. The number of rotatable bonds is 57. The maximum Gasteiger partial charge on any atom is 0.330 e. The fourth-order valence-electron chi connectivity index (χ4n) is 13.9. The van der Waals surface area contributed by atoms with Crippen molar-refractivity contribution in [3.8, 4) is 0 Å². The van der Waals surface area contributed by atoms with Gasteiger partial charge in [0, 0.05) is 131 Å². The molecule has 0 unspecified atom stereocenters. The highest BCUT2D eigenvalue weighted by Gasteiger charge is 2.41. The number of aromatic amines is 2. The zero-order valence-electron chi connectivity index (χ0n) is 70.2. The summed E-state index contributed by atoms with van der Waals surface area (Å²) in [6.45, 7) is 23.2. The molecule has 8 heterocycles. The molecule has 1 fully saturated rings. The molecule has 1 saturated heterocycles. The maximum absolute atomic E-state index is 15.5. The topological polar surface area (TPSA) is 420 Å². The SMILES string of the molecule is CCC1=C(C)c2cc3nc(cc4[nH]c(c5c6[nH]c(cc1n2)c(C)c6C(=O)N(CCN1CCOCC1)C5=O)[C@@H](CCC(=O)N(C)CCNC(=O)[C@H](C)NC(=O)[C@H](C)NC(=O)CCOCCOCCOCCOCCOCCOCCOCCOCCNC(=O)CCCCCN1C(=O)C=CC1=O)[C@@H]4C)C(C)=C3/C=C/C(=O)OCCOCCOCCO. The summed E-state index contributed by atoms with van der Waals surface area (Å²) in [4.78, 5) is 156. The van der Waals surface area contributed by atoms with Gasteiger partial charge in [-0.15, -0.1) is 0 Å². The summed E-state index contributed by atoms with van der Waals surface area (Å²) in [5.74, 6) is -4.72. The number of amides is 9. The maximum atomic E-state index is 15.5. The van der Waals surface area contributed by atoms with Crippen LogP contribution in [0.3, 0.4) is 0 Å². The Morgan fingerprint density at radius 3 is 1.76 bits per heavy atom. The van der Waals surface area contributed by atoms with E-state index >= 15 is 4.79 Å². The van der Waals surface area contributed by atoms with E-state index in [1.54, 1.807) is 13.1 Å². The molecule has 8 rings (SSSR count). The Bertz CT molecular complexity index is 4070. The molecule has 656 valence electrons. The van der Waals surface area contributed by atoms with Crippen LogP contribution in [0.4, 0.5) is 0 Å². The molecule has 4 atom stereocenters. The van der Waals surface area contributed by atoms with Crippen molar-refractivity contribution in [2.24, 2.45) is 0 Å². The van der Waals surface area contributed by atoms with Crippen LogP contribution in [0.15, 0.2) is 42.5 Å². The summed E-state index contributed by atoms with van der Waals surface area (Å²) in [7, 11) is 1.63. The minimum absolute atomic E-state index is 0.00388. The quantitative estimate of drug-likeness (QED) is 0.0212. The van der Waals surface area contributed by atoms with Gasteiger partial charge < -0.3 is 98.1 Å². The minimum atomic E-state index is -0.989. The average Bonchev–Trinajstić information content (AvgIpc) is 1.58. The number of carbonyl (C=O) groups excluding carboxylic acids is 10. The lowest BCUT2D eigenvalue weighted by molar-refractivity contribution is -0.139. The normalized spacial score (nSPS) is 16.3. The Labute approximate surface area is 695 Å². The van der Waals surface area contributed by atoms with E-state index in [9.17, 15) is 43.2 Å². The number of aliphatic hydroxyl groups excluding tert-OH is 1. The number of fused-ring (bicyclic) bond motifs is 8. The van der Waals surface area contributed by atoms with E-state index in [2.05, 4.69) is 36.1 Å². The Hall–Kier alpha value is -9.08. The molecule has 0 saturated carbocycles. The molecule has 0 radical (unpaired) electrons. The average molecular weight is 1670 g/mol. The first-order valence-corrected chi connectivity index (χ1v) is 41.4. The van der Waals surface area contributed by atoms with Gasteiger partial charge in [-0.3, -0.25) is 57.9 Å². The van der Waals surface area contributed by atoms with Crippen LogP contribution in [0.5, 0.6) is 0 Å². The Morgan fingerprint density at radius 1 is 0.588 bits per heavy atom. The standard InChI is InChI=1S/C84H122N12O23/c1-9-62-56(2)66-54-70-63(15-19-76(103)119-52-51-118-40-37-111-34-29-97)57(3)65(90-70)53-67-58(4)64(79(91-67)78-80-77(59(5)68(92-80)55-69(62)89-66)83(106)96(84(78)107)26-25-94-27-32-110-33-28-94)14-16-73(100)93(8)24-21-86-81(104)60(6)88-82(105)61(7)87-72(99)20-30-108-35-38-112-41-43-114-45-47-116-49-50-117-48-46-115-44-42-113-39-36-109-31-22-85-71(98)13-11-10-12-23-95-74(101)17-18-75(95)102/h15,17-19,53-55,58,60-61,64,91-92,97H,9-14,16,20-52H2,1-8H3,(H,85,98)(H,86,104)(H,87,99)(H,88,105)/b19-15+,67-53?,69-55?,70-54?,79-78?/t58-,60-,61-,64-/m0/s1. The first-order valence-electron chi connectivity index (χ1n) is 41.4. The van der Waals surface area contributed by atoms with Crippen LogP contribution in [0.2, 0.25) is 0 Å². The predicted octanol–water partition coefficient (Wildman–Crippen LogP) is 4.05. The zero-order chi connectivity index (χ0) is 85.4. The van der Waals surface area contributed by atoms with Crippen LogP contribution < -0.4 is 21.3 Å². The molecule has 2 aromatic heterocycles. The number of aromatic nitrogens is 4. The van der Waals surface area contributed by atoms with Gasteiger partial charge in [0.15, 0.2) is 0 Å². The minimum Gasteiger partial charge on any atom is -0.460 e. The van der Waals surface area contributed by atoms with Gasteiger partial charge in [-0.05, 0) is 107 Å². The molecule has 7 N–H and O–H groups in total. The molecule has 35 nitrogen and oxygen atoms in total. The van der Waals surface area contributed by atoms with E-state index < -0.39 is 53.5 Å². The van der Waals surface area contributed by atoms with Crippen LogP contribution in [0.25, 0.3) is 33.3 Å². The third-order valence-corrected chi connectivity index (χ3v) is 20.8. The molecule has 119 heavy (non-hydrogen) atoms. The second kappa shape index (κ2) is 51.5. The first-order chi connectivity index (χ1) is 57.6. The third-order valence-electron chi connectivity index (χ3n) is 20.8. The van der Waals surface area contributed by atoms with Crippen LogP contribution in [0, 0.1) is 6.92 Å². The number of hydrogen-bond acceptors (Lipinski definition) is 26. The van der Waals surface area contributed by atoms with Gasteiger partial charge in [0.25, 0.3) is 23.6 Å². The molecule has 2 aromatic rings. The molecule has 6 aliphatic rings. The number of unbranched alkanes of at least 4 members (excludes halogenated alkanes) is 2. The molecule has 0 aromatic carbocycles. The van der Waals surface area contributed by atoms with Crippen molar-refractivity contribution in [2.75, 3.05) is 218 Å². The lowest BCUT2D eigenvalue weighted by Gasteiger charge is -2.31. The van der Waals surface area contributed by atoms with E-state index in [0.29, 0.717) is 219 Å². The van der Waals surface area contributed by atoms with Crippen LogP contribution >= 0.6 is 0 Å². The van der Waals surface area contributed by atoms with Crippen molar-refractivity contribution in [1.82, 2.24) is 60.8 Å². The van der Waals surface area contributed by atoms with Gasteiger partial charge in [0.1, 0.15) is 18.7 Å². The largest absolute Gasteiger partial charge is 0.460 e. The van der Waals surface area contributed by atoms with Crippen LogP contribution in [-0.4, -0.2) is 334 Å². The van der Waals surface area contributed by atoms with Gasteiger partial charge in [0.2, 0.25) is 29.5 Å². The number of carbonyl (C=O) groups is 10. The smallest absolute Gasteiger partial charge is 0.330 e. The number of morpholine rings is 1. The zero-order valence-corrected chi connectivity index (χ0v) is 70.2. The third kappa shape index (κ3) is 30.2. The highest BCUT2D eigenvalue weighted by molar-refractivity contribution is 6.23. The van der Waals surface area contributed by atoms with E-state index in [4.69, 9.17) is 71.9 Å². The summed E-state index contributed by atoms with van der Waals surface area (Å²) < 4.78 is 66.1. The number of esters is 1. The molecule has 0 aliphatic carbocycles. The fraction of sp³-hybridized carbons (Fsp3) is 0.619. The van der Waals surface area contributed by atoms with Crippen molar-refractivity contribution in [3.63, 3.8) is 0 Å². The summed E-state index contributed by atoms with van der Waals surface area (Å²) in [5.41, 5.74) is 9.27. The van der Waals surface area contributed by atoms with Gasteiger partial charge in [0.05, 0.1) is 191 Å². The summed E-state index contributed by atoms with van der Waals surface area (Å²) in [6, 6.07) is 3.79. The van der Waals surface area contributed by atoms with E-state index in [1.165, 1.54) is 46.8 Å². The summed E-state index contributed by atoms with van der Waals surface area (Å²) >= 11 is 0. The molecule has 35 heteroatoms. The van der Waals surface area contributed by atoms with E-state index in [-0.39, 0.29) is 133 Å². The number of aryl methyl sites for hydroxylation is 1. The van der Waals surface area contributed by atoms with Gasteiger partial charge >= 0.3 is 5.97 Å². The number of aliphatic hydroxyl groups is 1. The molecule has 6 aliphatic heterocycles. The predicted molar refractivity (Wildman–Crippen MR) is 439 cm³/mol. The number of hydrogen-bond donors (Lipinski definition) is 7. The van der Waals surface area contributed by atoms with Gasteiger partial charge in [-0.1, -0.05) is 20.3 Å². The summed E-state index contributed by atoms with van der Waals surface area (Å²) in [6.07, 6.45) is 8.89. The molecule has 9 amide bonds. The number of H-pyrrole nitrogens is 2. The number of nitrogens with zero attached hydrogens (tertiary/aromatic N) is 6. The van der Waals surface area contributed by atoms with Gasteiger partial charge in [-0.2, -0.15) is 0 Å². The van der Waals surface area contributed by atoms with Crippen molar-refractivity contribution < 1.29 is 110 Å². The fourth-order valence-corrected chi connectivity index (χ4v) is 13.9. The highest BCUT2D eigenvalue weighted by Crippen LogP contribution is 2.45. The number of nitrogens with one attached hydrogen (secondary N) is 6. The number of ether oxygens (including phenoxy) is 12. The Morgan fingerprint density at radius 2 is 1.15 bits per heavy atom. The number of allylic oxidation sites excluding steroid dienone is 5. The molecule has 0 spiro atoms. The van der Waals surface area contributed by atoms with Crippen molar-refractivity contribution >= 4 is 92.5 Å². The van der Waals surface area contributed by atoms with Crippen molar-refractivity contribution in [2.45, 2.75) is 124 Å². The molecular formula is C84H122N12O23. The molecule has 8 bridgehead atoms. The second-order valence-corrected chi connectivity index (χ2v) is 29.2. The lowest BCUT2D eigenvalue weighted by Crippen LogP contribution is -2.52. The van der Waals surface area contributed by atoms with Crippen molar-refractivity contribution in [3.05, 3.63) is 93.4 Å². The highest BCUT2D eigenvalue weighted by atomic mass is 16.6. The monoisotopic (exact) mass is 1670 g/mol. The molecular weight excluding hydrogens is 1540 g/mol. The Kier molecular flexibility index (Phi) is 41.3. The first kappa shape index (κ1) is 95.4. The van der Waals surface area contributed by atoms with Gasteiger partial charge in [-0.25, -0.2) is 14.8 Å². The van der Waals surface area contributed by atoms with Crippen LogP contribution in [0.1, 0.15) is 165 Å². The van der Waals surface area contributed by atoms with E-state index in [1.807, 2.05) is 52.8 Å². The Balaban J connectivity index is 0.715. The lowest BCUT2D eigenvalue weighted by atomic mass is 9.84. The number of imide groups is 2. The number of likely N-dealkylation sites (N-methyl/N-ethyl adjacent to an activating group) is 1. The van der Waals surface area contributed by atoms with Crippen LogP contribution in [-0.2, 0) is 95.2 Å². The second-order valence-electron chi connectivity index (χ2n) is 29.2.